The SMILES string of the molecule is CN1CC(Oc2ccc(F)c(Cl)c2)CC1C(N)=O. The van der Waals surface area contributed by atoms with E-state index in [1.165, 1.54) is 18.2 Å². The summed E-state index contributed by atoms with van der Waals surface area (Å²) in [5, 5.41) is 0.0188. The minimum atomic E-state index is -0.484. The second-order valence-electron chi connectivity index (χ2n) is 4.41. The quantitative estimate of drug-likeness (QED) is 0.905. The number of hydrogen-bond acceptors (Lipinski definition) is 3. The second kappa shape index (κ2) is 5.12. The van der Waals surface area contributed by atoms with Crippen molar-refractivity contribution < 1.29 is 13.9 Å². The highest BCUT2D eigenvalue weighted by molar-refractivity contribution is 6.30. The maximum atomic E-state index is 13.0. The molecule has 2 rings (SSSR count). The normalized spacial score (nSPS) is 24.2. The van der Waals surface area contributed by atoms with E-state index in [-0.39, 0.29) is 23.1 Å². The summed E-state index contributed by atoms with van der Waals surface area (Å²) in [5.74, 6) is -0.353. The molecule has 2 atom stereocenters. The van der Waals surface area contributed by atoms with Gasteiger partial charge in [-0.15, -0.1) is 0 Å². The lowest BCUT2D eigenvalue weighted by atomic mass is 10.2. The number of carbonyl (C=O) groups excluding carboxylic acids is 1. The molecule has 4 nitrogen and oxygen atoms in total. The molecule has 0 radical (unpaired) electrons. The Morgan fingerprint density at radius 2 is 2.33 bits per heavy atom. The van der Waals surface area contributed by atoms with Gasteiger partial charge >= 0.3 is 0 Å². The summed E-state index contributed by atoms with van der Waals surface area (Å²) in [4.78, 5) is 13.0. The predicted octanol–water partition coefficient (Wildman–Crippen LogP) is 1.42. The molecule has 0 aromatic heterocycles. The molecule has 1 aliphatic heterocycles. The first-order chi connectivity index (χ1) is 8.47. The van der Waals surface area contributed by atoms with Crippen LogP contribution >= 0.6 is 11.6 Å². The van der Waals surface area contributed by atoms with E-state index in [0.717, 1.165) is 0 Å². The molecule has 6 heteroatoms. The fraction of sp³-hybridized carbons (Fsp3) is 0.417. The van der Waals surface area contributed by atoms with E-state index in [1.807, 2.05) is 11.9 Å². The maximum Gasteiger partial charge on any atom is 0.234 e. The van der Waals surface area contributed by atoms with Crippen LogP contribution in [0, 0.1) is 5.82 Å². The van der Waals surface area contributed by atoms with Gasteiger partial charge in [-0.05, 0) is 19.2 Å². The number of nitrogens with two attached hydrogens (primary N) is 1. The van der Waals surface area contributed by atoms with Crippen molar-refractivity contribution in [3.05, 3.63) is 29.0 Å². The van der Waals surface area contributed by atoms with E-state index in [9.17, 15) is 9.18 Å². The van der Waals surface area contributed by atoms with E-state index >= 15 is 0 Å². The average Bonchev–Trinajstić information content (AvgIpc) is 2.65. The minimum Gasteiger partial charge on any atom is -0.489 e. The molecule has 0 saturated carbocycles. The Kier molecular flexibility index (Phi) is 3.73. The fourth-order valence-electron chi connectivity index (χ4n) is 2.11. The highest BCUT2D eigenvalue weighted by Gasteiger charge is 2.34. The highest BCUT2D eigenvalue weighted by Crippen LogP contribution is 2.25. The van der Waals surface area contributed by atoms with E-state index in [0.29, 0.717) is 18.7 Å². The number of ether oxygens (including phenoxy) is 1. The van der Waals surface area contributed by atoms with Gasteiger partial charge in [-0.1, -0.05) is 11.6 Å². The summed E-state index contributed by atoms with van der Waals surface area (Å²) in [7, 11) is 1.82. The lowest BCUT2D eigenvalue weighted by molar-refractivity contribution is -0.121. The van der Waals surface area contributed by atoms with Crippen LogP contribution in [0.1, 0.15) is 6.42 Å². The molecule has 1 aromatic carbocycles. The van der Waals surface area contributed by atoms with Crippen molar-refractivity contribution in [1.29, 1.82) is 0 Å². The van der Waals surface area contributed by atoms with Gasteiger partial charge in [-0.2, -0.15) is 0 Å². The lowest BCUT2D eigenvalue weighted by Gasteiger charge is -2.14. The summed E-state index contributed by atoms with van der Waals surface area (Å²) >= 11 is 5.67. The van der Waals surface area contributed by atoms with Gasteiger partial charge in [0.1, 0.15) is 17.7 Å². The van der Waals surface area contributed by atoms with Crippen molar-refractivity contribution in [3.8, 4) is 5.75 Å². The third-order valence-electron chi connectivity index (χ3n) is 3.03. The van der Waals surface area contributed by atoms with Gasteiger partial charge in [0.05, 0.1) is 11.1 Å². The summed E-state index contributed by atoms with van der Waals surface area (Å²) in [6, 6.07) is 3.88. The van der Waals surface area contributed by atoms with Crippen LogP contribution < -0.4 is 10.5 Å². The van der Waals surface area contributed by atoms with Gasteiger partial charge in [0.25, 0.3) is 0 Å². The van der Waals surface area contributed by atoms with Crippen LogP contribution in [-0.4, -0.2) is 36.5 Å². The Labute approximate surface area is 109 Å². The first kappa shape index (κ1) is 13.1. The van der Waals surface area contributed by atoms with E-state index < -0.39 is 5.82 Å². The van der Waals surface area contributed by atoms with Crippen molar-refractivity contribution in [1.82, 2.24) is 4.90 Å². The minimum absolute atomic E-state index is 0.0188. The average molecular weight is 273 g/mol. The van der Waals surface area contributed by atoms with Crippen LogP contribution in [0.5, 0.6) is 5.75 Å². The molecule has 0 bridgehead atoms. The van der Waals surface area contributed by atoms with Gasteiger partial charge in [0.2, 0.25) is 5.91 Å². The summed E-state index contributed by atoms with van der Waals surface area (Å²) < 4.78 is 18.6. The number of amides is 1. The molecule has 1 aromatic rings. The molecule has 0 aliphatic carbocycles. The Bertz CT molecular complexity index is 469. The molecule has 2 N–H and O–H groups in total. The first-order valence-electron chi connectivity index (χ1n) is 5.58. The number of rotatable bonds is 3. The molecule has 1 saturated heterocycles. The van der Waals surface area contributed by atoms with Crippen LogP contribution in [0.15, 0.2) is 18.2 Å². The van der Waals surface area contributed by atoms with E-state index in [2.05, 4.69) is 0 Å². The zero-order chi connectivity index (χ0) is 13.3. The molecule has 2 unspecified atom stereocenters. The standard InChI is InChI=1S/C12H14ClFN2O2/c1-16-6-8(5-11(16)12(15)17)18-7-2-3-10(14)9(13)4-7/h2-4,8,11H,5-6H2,1H3,(H2,15,17). The Balaban J connectivity index is 2.03. The smallest absolute Gasteiger partial charge is 0.234 e. The molecular weight excluding hydrogens is 259 g/mol. The number of benzene rings is 1. The Morgan fingerprint density at radius 1 is 1.61 bits per heavy atom. The largest absolute Gasteiger partial charge is 0.489 e. The number of carbonyl (C=O) groups is 1. The molecule has 0 spiro atoms. The van der Waals surface area contributed by atoms with Crippen molar-refractivity contribution in [2.45, 2.75) is 18.6 Å². The third kappa shape index (κ3) is 2.73. The summed E-state index contributed by atoms with van der Waals surface area (Å²) in [6.07, 6.45) is 0.384. The maximum absolute atomic E-state index is 13.0. The summed E-state index contributed by atoms with van der Waals surface area (Å²) in [5.41, 5.74) is 5.28. The molecule has 1 aliphatic rings. The van der Waals surface area contributed by atoms with Crippen LogP contribution in [0.4, 0.5) is 4.39 Å². The van der Waals surface area contributed by atoms with Gasteiger partial charge in [0.15, 0.2) is 0 Å². The van der Waals surface area contributed by atoms with Crippen molar-refractivity contribution >= 4 is 17.5 Å². The highest BCUT2D eigenvalue weighted by atomic mass is 35.5. The van der Waals surface area contributed by atoms with Gasteiger partial charge in [-0.25, -0.2) is 4.39 Å². The molecule has 18 heavy (non-hydrogen) atoms. The number of likely N-dealkylation sites (N-methyl/N-ethyl adjacent to an activating group) is 1. The van der Waals surface area contributed by atoms with Crippen LogP contribution in [0.2, 0.25) is 5.02 Å². The van der Waals surface area contributed by atoms with Gasteiger partial charge in [-0.3, -0.25) is 9.69 Å². The fourth-order valence-corrected chi connectivity index (χ4v) is 2.28. The molecule has 1 fully saturated rings. The van der Waals surface area contributed by atoms with E-state index in [1.54, 1.807) is 0 Å². The topological polar surface area (TPSA) is 55.6 Å². The predicted molar refractivity (Wildman–Crippen MR) is 66.1 cm³/mol. The zero-order valence-electron chi connectivity index (χ0n) is 9.90. The first-order valence-corrected chi connectivity index (χ1v) is 5.96. The number of hydrogen-bond donors (Lipinski definition) is 1. The lowest BCUT2D eigenvalue weighted by Crippen LogP contribution is -2.37. The zero-order valence-corrected chi connectivity index (χ0v) is 10.7. The molecule has 1 heterocycles. The second-order valence-corrected chi connectivity index (χ2v) is 4.82. The van der Waals surface area contributed by atoms with Crippen LogP contribution in [-0.2, 0) is 4.79 Å². The van der Waals surface area contributed by atoms with Crippen molar-refractivity contribution in [2.24, 2.45) is 5.73 Å². The van der Waals surface area contributed by atoms with Gasteiger partial charge in [0, 0.05) is 19.0 Å². The number of nitrogens with zero attached hydrogens (tertiary/aromatic N) is 1. The van der Waals surface area contributed by atoms with Crippen molar-refractivity contribution in [3.63, 3.8) is 0 Å². The number of primary amides is 1. The van der Waals surface area contributed by atoms with Crippen molar-refractivity contribution in [2.75, 3.05) is 13.6 Å². The molecule has 98 valence electrons. The Morgan fingerprint density at radius 3 is 2.89 bits per heavy atom. The molecular formula is C12H14ClFN2O2. The monoisotopic (exact) mass is 272 g/mol. The number of likely N-dealkylation sites (tertiary alicyclic amines) is 1. The number of halogens is 2. The Hall–Kier alpha value is -1.33. The van der Waals surface area contributed by atoms with Crippen LogP contribution in [0.3, 0.4) is 0 Å². The van der Waals surface area contributed by atoms with E-state index in [4.69, 9.17) is 22.1 Å². The third-order valence-corrected chi connectivity index (χ3v) is 3.32. The van der Waals surface area contributed by atoms with Crippen LogP contribution in [0.25, 0.3) is 0 Å². The molecule has 1 amide bonds. The van der Waals surface area contributed by atoms with Gasteiger partial charge < -0.3 is 10.5 Å². The summed E-state index contributed by atoms with van der Waals surface area (Å²) in [6.45, 7) is 0.600.